The normalized spacial score (nSPS) is 11.2. The van der Waals surface area contributed by atoms with E-state index < -0.39 is 0 Å². The Kier molecular flexibility index (Phi) is 4.62. The molecule has 0 aliphatic heterocycles. The lowest BCUT2D eigenvalue weighted by Gasteiger charge is -2.17. The number of hydrogen-bond acceptors (Lipinski definition) is 4. The molecule has 0 fully saturated rings. The van der Waals surface area contributed by atoms with E-state index in [0.717, 1.165) is 15.0 Å². The molecule has 0 bridgehead atoms. The Balaban J connectivity index is 2.06. The van der Waals surface area contributed by atoms with Crippen molar-refractivity contribution in [1.29, 1.82) is 0 Å². The monoisotopic (exact) mass is 292 g/mol. The molecule has 0 saturated heterocycles. The number of nitrogens with two attached hydrogens (primary N) is 1. The lowest BCUT2D eigenvalue weighted by Crippen LogP contribution is -2.30. The van der Waals surface area contributed by atoms with Crippen LogP contribution in [0.15, 0.2) is 24.3 Å². The summed E-state index contributed by atoms with van der Waals surface area (Å²) in [5.41, 5.74) is 6.47. The molecule has 0 atom stereocenters. The smallest absolute Gasteiger partial charge is 0.263 e. The maximum atomic E-state index is 12.3. The summed E-state index contributed by atoms with van der Waals surface area (Å²) in [6, 6.07) is 7.60. The van der Waals surface area contributed by atoms with Gasteiger partial charge in [0.1, 0.15) is 0 Å². The highest BCUT2D eigenvalue weighted by molar-refractivity contribution is 7.20. The first kappa shape index (κ1) is 14.8. The second-order valence-electron chi connectivity index (χ2n) is 5.05. The number of likely N-dealkylation sites (N-methyl/N-ethyl adjacent to an activating group) is 1. The molecule has 2 N–H and O–H groups in total. The molecule has 1 aromatic carbocycles. The summed E-state index contributed by atoms with van der Waals surface area (Å²) in [4.78, 5) is 14.7. The molecule has 2 rings (SSSR count). The minimum Gasteiger partial charge on any atom is -0.399 e. The van der Waals surface area contributed by atoms with Crippen molar-refractivity contribution in [2.24, 2.45) is 0 Å². The van der Waals surface area contributed by atoms with Gasteiger partial charge in [0.25, 0.3) is 5.91 Å². The summed E-state index contributed by atoms with van der Waals surface area (Å²) in [5, 5.41) is 1.02. The Morgan fingerprint density at radius 2 is 2.15 bits per heavy atom. The molecule has 4 nitrogen and oxygen atoms in total. The van der Waals surface area contributed by atoms with Gasteiger partial charge in [0.15, 0.2) is 0 Å². The van der Waals surface area contributed by atoms with Crippen molar-refractivity contribution < 1.29 is 9.53 Å². The van der Waals surface area contributed by atoms with Crippen LogP contribution < -0.4 is 5.73 Å². The van der Waals surface area contributed by atoms with E-state index >= 15 is 0 Å². The largest absolute Gasteiger partial charge is 0.399 e. The van der Waals surface area contributed by atoms with E-state index in [2.05, 4.69) is 0 Å². The van der Waals surface area contributed by atoms with Crippen LogP contribution in [0.25, 0.3) is 10.1 Å². The molecule has 0 unspecified atom stereocenters. The van der Waals surface area contributed by atoms with Gasteiger partial charge in [-0.05, 0) is 43.5 Å². The first-order valence-corrected chi connectivity index (χ1v) is 7.45. The fourth-order valence-electron chi connectivity index (χ4n) is 1.88. The zero-order chi connectivity index (χ0) is 14.7. The second kappa shape index (κ2) is 6.24. The predicted octanol–water partition coefficient (Wildman–Crippen LogP) is 2.98. The van der Waals surface area contributed by atoms with Gasteiger partial charge in [-0.25, -0.2) is 0 Å². The number of carbonyl (C=O) groups is 1. The molecule has 2 aromatic rings. The maximum Gasteiger partial charge on any atom is 0.263 e. The molecular formula is C15H20N2O2S. The first-order chi connectivity index (χ1) is 9.47. The van der Waals surface area contributed by atoms with Crippen LogP contribution >= 0.6 is 11.3 Å². The highest BCUT2D eigenvalue weighted by atomic mass is 32.1. The van der Waals surface area contributed by atoms with Crippen molar-refractivity contribution in [3.05, 3.63) is 29.1 Å². The fraction of sp³-hybridized carbons (Fsp3) is 0.400. The van der Waals surface area contributed by atoms with Crippen LogP contribution in [0.2, 0.25) is 0 Å². The molecular weight excluding hydrogens is 272 g/mol. The third-order valence-corrected chi connectivity index (χ3v) is 4.08. The van der Waals surface area contributed by atoms with Crippen molar-refractivity contribution in [2.45, 2.75) is 20.0 Å². The second-order valence-corrected chi connectivity index (χ2v) is 6.14. The van der Waals surface area contributed by atoms with Crippen LogP contribution in [0.5, 0.6) is 0 Å². The molecule has 1 heterocycles. The standard InChI is InChI=1S/C15H20N2O2S/c1-10(2)19-7-6-17(3)15(18)14-9-11-8-12(16)4-5-13(11)20-14/h4-5,8-10H,6-7,16H2,1-3H3. The van der Waals surface area contributed by atoms with Gasteiger partial charge >= 0.3 is 0 Å². The summed E-state index contributed by atoms with van der Waals surface area (Å²) >= 11 is 1.49. The number of carbonyl (C=O) groups excluding carboxylic acids is 1. The Morgan fingerprint density at radius 3 is 2.85 bits per heavy atom. The number of anilines is 1. The summed E-state index contributed by atoms with van der Waals surface area (Å²) < 4.78 is 6.54. The molecule has 1 aromatic heterocycles. The summed E-state index contributed by atoms with van der Waals surface area (Å²) in [6.45, 7) is 5.11. The van der Waals surface area contributed by atoms with Gasteiger partial charge in [0, 0.05) is 24.0 Å². The van der Waals surface area contributed by atoms with E-state index in [1.54, 1.807) is 11.9 Å². The third kappa shape index (κ3) is 3.49. The SMILES string of the molecule is CC(C)OCCN(C)C(=O)c1cc2cc(N)ccc2s1. The van der Waals surface area contributed by atoms with Crippen molar-refractivity contribution in [3.63, 3.8) is 0 Å². The Morgan fingerprint density at radius 1 is 1.40 bits per heavy atom. The molecule has 0 spiro atoms. The number of thiophene rings is 1. The molecule has 5 heteroatoms. The third-order valence-electron chi connectivity index (χ3n) is 2.98. The quantitative estimate of drug-likeness (QED) is 0.862. The number of ether oxygens (including phenoxy) is 1. The number of nitrogens with zero attached hydrogens (tertiary/aromatic N) is 1. The van der Waals surface area contributed by atoms with Gasteiger partial charge in [0.2, 0.25) is 0 Å². The highest BCUT2D eigenvalue weighted by Gasteiger charge is 2.15. The number of nitrogen functional groups attached to an aromatic ring is 1. The highest BCUT2D eigenvalue weighted by Crippen LogP contribution is 2.27. The average molecular weight is 292 g/mol. The van der Waals surface area contributed by atoms with Crippen molar-refractivity contribution >= 4 is 33.0 Å². The van der Waals surface area contributed by atoms with Crippen LogP contribution in [-0.4, -0.2) is 37.1 Å². The maximum absolute atomic E-state index is 12.3. The number of fused-ring (bicyclic) bond motifs is 1. The van der Waals surface area contributed by atoms with E-state index in [0.29, 0.717) is 18.8 Å². The minimum atomic E-state index is 0.0251. The van der Waals surface area contributed by atoms with Crippen LogP contribution in [0.3, 0.4) is 0 Å². The number of amides is 1. The van der Waals surface area contributed by atoms with E-state index in [9.17, 15) is 4.79 Å². The van der Waals surface area contributed by atoms with Crippen molar-refractivity contribution in [1.82, 2.24) is 4.90 Å². The van der Waals surface area contributed by atoms with Gasteiger partial charge in [-0.1, -0.05) is 0 Å². The lowest BCUT2D eigenvalue weighted by molar-refractivity contribution is 0.0534. The van der Waals surface area contributed by atoms with Crippen LogP contribution in [0.4, 0.5) is 5.69 Å². The molecule has 108 valence electrons. The zero-order valence-corrected chi connectivity index (χ0v) is 12.9. The Bertz CT molecular complexity index is 607. The lowest BCUT2D eigenvalue weighted by atomic mass is 10.2. The Labute approximate surface area is 123 Å². The van der Waals surface area contributed by atoms with Gasteiger partial charge in [-0.15, -0.1) is 11.3 Å². The number of benzene rings is 1. The Hall–Kier alpha value is -1.59. The summed E-state index contributed by atoms with van der Waals surface area (Å²) in [6.07, 6.45) is 0.186. The average Bonchev–Trinajstić information content (AvgIpc) is 2.80. The molecule has 0 radical (unpaired) electrons. The topological polar surface area (TPSA) is 55.6 Å². The molecule has 20 heavy (non-hydrogen) atoms. The molecule has 0 aliphatic rings. The van der Waals surface area contributed by atoms with Gasteiger partial charge in [0.05, 0.1) is 17.6 Å². The summed E-state index contributed by atoms with van der Waals surface area (Å²) in [5.74, 6) is 0.0251. The van der Waals surface area contributed by atoms with Crippen LogP contribution in [0.1, 0.15) is 23.5 Å². The van der Waals surface area contributed by atoms with E-state index in [1.807, 2.05) is 38.1 Å². The van der Waals surface area contributed by atoms with E-state index in [4.69, 9.17) is 10.5 Å². The van der Waals surface area contributed by atoms with E-state index in [1.165, 1.54) is 11.3 Å². The minimum absolute atomic E-state index is 0.0251. The number of hydrogen-bond donors (Lipinski definition) is 1. The van der Waals surface area contributed by atoms with Gasteiger partial charge < -0.3 is 15.4 Å². The van der Waals surface area contributed by atoms with E-state index in [-0.39, 0.29) is 12.0 Å². The summed E-state index contributed by atoms with van der Waals surface area (Å²) in [7, 11) is 1.80. The number of rotatable bonds is 5. The van der Waals surface area contributed by atoms with Gasteiger partial charge in [-0.3, -0.25) is 4.79 Å². The van der Waals surface area contributed by atoms with Crippen molar-refractivity contribution in [2.75, 3.05) is 25.9 Å². The predicted molar refractivity (Wildman–Crippen MR) is 84.3 cm³/mol. The fourth-order valence-corrected chi connectivity index (χ4v) is 2.92. The van der Waals surface area contributed by atoms with Gasteiger partial charge in [-0.2, -0.15) is 0 Å². The van der Waals surface area contributed by atoms with Crippen LogP contribution in [0, 0.1) is 0 Å². The molecule has 0 aliphatic carbocycles. The first-order valence-electron chi connectivity index (χ1n) is 6.63. The molecule has 1 amide bonds. The molecule has 0 saturated carbocycles. The van der Waals surface area contributed by atoms with Crippen molar-refractivity contribution in [3.8, 4) is 0 Å². The zero-order valence-electron chi connectivity index (χ0n) is 12.1. The van der Waals surface area contributed by atoms with Crippen LogP contribution in [-0.2, 0) is 4.74 Å².